The highest BCUT2D eigenvalue weighted by atomic mass is 35.5. The molecule has 0 aliphatic heterocycles. The van der Waals surface area contributed by atoms with E-state index >= 15 is 0 Å². The molecule has 11 heteroatoms. The van der Waals surface area contributed by atoms with Gasteiger partial charge >= 0.3 is 0 Å². The van der Waals surface area contributed by atoms with Crippen molar-refractivity contribution in [2.75, 3.05) is 10.7 Å². The molecule has 0 fully saturated rings. The van der Waals surface area contributed by atoms with Crippen LogP contribution in [0.15, 0.2) is 52.2 Å². The van der Waals surface area contributed by atoms with Gasteiger partial charge in [-0.15, -0.1) is 0 Å². The zero-order valence-corrected chi connectivity index (χ0v) is 16.2. The van der Waals surface area contributed by atoms with Gasteiger partial charge < -0.3 is 5.32 Å². The lowest BCUT2D eigenvalue weighted by atomic mass is 10.2. The summed E-state index contributed by atoms with van der Waals surface area (Å²) in [7, 11) is 0. The number of hydrogen-bond donors (Lipinski definition) is 2. The number of fused-ring (bicyclic) bond motifs is 1. The molecule has 0 amide bonds. The predicted octanol–water partition coefficient (Wildman–Crippen LogP) is 5.16. The Kier molecular flexibility index (Phi) is 5.25. The fraction of sp³-hybridized carbons (Fsp3) is 0. The number of para-hydroxylation sites is 1. The summed E-state index contributed by atoms with van der Waals surface area (Å²) >= 11 is 18.2. The number of aromatic nitrogens is 4. The number of rotatable bonds is 5. The Bertz CT molecular complexity index is 1180. The fourth-order valence-electron chi connectivity index (χ4n) is 2.26. The highest BCUT2D eigenvalue weighted by Gasteiger charge is 2.13. The molecule has 4 rings (SSSR count). The van der Waals surface area contributed by atoms with Crippen molar-refractivity contribution in [2.45, 2.75) is 0 Å². The molecule has 0 bridgehead atoms. The average molecular weight is 435 g/mol. The fourth-order valence-corrected chi connectivity index (χ4v) is 2.90. The molecule has 4 aromatic rings. The minimum Gasteiger partial charge on any atom is -0.336 e. The van der Waals surface area contributed by atoms with Gasteiger partial charge in [0.05, 0.1) is 21.9 Å². The second-order valence-corrected chi connectivity index (χ2v) is 6.72. The van der Waals surface area contributed by atoms with Gasteiger partial charge in [0.2, 0.25) is 11.3 Å². The summed E-state index contributed by atoms with van der Waals surface area (Å²) in [6, 6.07) is 12.3. The molecule has 28 heavy (non-hydrogen) atoms. The Morgan fingerprint density at radius 3 is 2.39 bits per heavy atom. The van der Waals surface area contributed by atoms with Crippen LogP contribution in [0.3, 0.4) is 0 Å². The van der Waals surface area contributed by atoms with E-state index < -0.39 is 0 Å². The second-order valence-electron chi connectivity index (χ2n) is 5.47. The van der Waals surface area contributed by atoms with Crippen molar-refractivity contribution < 1.29 is 4.63 Å². The zero-order chi connectivity index (χ0) is 19.5. The molecular formula is C17H10Cl3N7O. The largest absolute Gasteiger partial charge is 0.336 e. The van der Waals surface area contributed by atoms with Crippen molar-refractivity contribution in [2.24, 2.45) is 5.10 Å². The molecule has 2 aromatic heterocycles. The number of hydrogen-bond acceptors (Lipinski definition) is 8. The van der Waals surface area contributed by atoms with E-state index in [2.05, 4.69) is 40.8 Å². The van der Waals surface area contributed by atoms with E-state index in [0.717, 1.165) is 0 Å². The summed E-state index contributed by atoms with van der Waals surface area (Å²) in [6.07, 6.45) is 1.53. The van der Waals surface area contributed by atoms with Gasteiger partial charge in [-0.25, -0.2) is 9.61 Å². The molecule has 0 saturated carbocycles. The summed E-state index contributed by atoms with van der Waals surface area (Å²) in [5.74, 6) is 0.639. The van der Waals surface area contributed by atoms with Gasteiger partial charge in [0, 0.05) is 10.6 Å². The third kappa shape index (κ3) is 3.99. The molecular weight excluding hydrogens is 425 g/mol. The quantitative estimate of drug-likeness (QED) is 0.330. The smallest absolute Gasteiger partial charge is 0.245 e. The summed E-state index contributed by atoms with van der Waals surface area (Å²) in [5, 5.41) is 16.2. The number of benzene rings is 2. The van der Waals surface area contributed by atoms with Crippen molar-refractivity contribution >= 4 is 69.6 Å². The van der Waals surface area contributed by atoms with E-state index in [4.69, 9.17) is 34.8 Å². The van der Waals surface area contributed by atoms with Crippen LogP contribution in [0.2, 0.25) is 15.1 Å². The standard InChI is InChI=1S/C17H10Cl3N7O/c18-10-6-5-9(12(20)7-10)8-21-25-15-14(22-13-4-2-1-3-11(13)19)23-16-17(24-15)27-28-26-16/h1-8H,(H,22,23,26)(H,24,25,27)/b21-8-. The van der Waals surface area contributed by atoms with Gasteiger partial charge in [-0.1, -0.05) is 53.0 Å². The maximum absolute atomic E-state index is 6.21. The van der Waals surface area contributed by atoms with Crippen molar-refractivity contribution in [1.82, 2.24) is 20.3 Å². The molecule has 0 atom stereocenters. The minimum absolute atomic E-state index is 0.229. The Morgan fingerprint density at radius 2 is 1.64 bits per heavy atom. The van der Waals surface area contributed by atoms with Gasteiger partial charge in [0.25, 0.3) is 0 Å². The monoisotopic (exact) mass is 433 g/mol. The predicted molar refractivity (Wildman–Crippen MR) is 110 cm³/mol. The first-order valence-electron chi connectivity index (χ1n) is 7.86. The van der Waals surface area contributed by atoms with Crippen LogP contribution < -0.4 is 10.7 Å². The van der Waals surface area contributed by atoms with Crippen LogP contribution in [-0.4, -0.2) is 26.5 Å². The van der Waals surface area contributed by atoms with E-state index in [0.29, 0.717) is 38.0 Å². The molecule has 8 nitrogen and oxygen atoms in total. The van der Waals surface area contributed by atoms with Crippen molar-refractivity contribution in [3.63, 3.8) is 0 Å². The lowest BCUT2D eigenvalue weighted by Crippen LogP contribution is -2.03. The molecule has 0 aliphatic carbocycles. The maximum atomic E-state index is 6.21. The first-order chi connectivity index (χ1) is 13.6. The van der Waals surface area contributed by atoms with E-state index in [1.165, 1.54) is 6.21 Å². The van der Waals surface area contributed by atoms with Crippen LogP contribution in [0, 0.1) is 0 Å². The van der Waals surface area contributed by atoms with Crippen LogP contribution >= 0.6 is 34.8 Å². The summed E-state index contributed by atoms with van der Waals surface area (Å²) < 4.78 is 4.67. The number of nitrogens with zero attached hydrogens (tertiary/aromatic N) is 5. The Morgan fingerprint density at radius 1 is 0.893 bits per heavy atom. The van der Waals surface area contributed by atoms with Gasteiger partial charge in [0.1, 0.15) is 0 Å². The lowest BCUT2D eigenvalue weighted by molar-refractivity contribution is 0.314. The van der Waals surface area contributed by atoms with Crippen LogP contribution in [0.1, 0.15) is 5.56 Å². The molecule has 2 aromatic carbocycles. The molecule has 0 unspecified atom stereocenters. The Hall–Kier alpha value is -2.94. The summed E-state index contributed by atoms with van der Waals surface area (Å²) in [4.78, 5) is 8.66. The zero-order valence-electron chi connectivity index (χ0n) is 13.9. The number of nitrogens with one attached hydrogen (secondary N) is 2. The number of anilines is 3. The SMILES string of the molecule is Clc1ccc(/C=N\Nc2nc3nonc3nc2Nc2ccccc2Cl)c(Cl)c1. The van der Waals surface area contributed by atoms with Crippen molar-refractivity contribution in [1.29, 1.82) is 0 Å². The van der Waals surface area contributed by atoms with Crippen LogP contribution in [0.5, 0.6) is 0 Å². The van der Waals surface area contributed by atoms with Crippen molar-refractivity contribution in [3.8, 4) is 0 Å². The van der Waals surface area contributed by atoms with E-state index in [1.54, 1.807) is 30.3 Å². The topological polar surface area (TPSA) is 101 Å². The molecule has 0 spiro atoms. The Labute approximate surface area is 173 Å². The van der Waals surface area contributed by atoms with Crippen LogP contribution in [-0.2, 0) is 0 Å². The molecule has 2 N–H and O–H groups in total. The highest BCUT2D eigenvalue weighted by molar-refractivity contribution is 6.36. The lowest BCUT2D eigenvalue weighted by Gasteiger charge is -2.10. The van der Waals surface area contributed by atoms with E-state index in [-0.39, 0.29) is 11.3 Å². The van der Waals surface area contributed by atoms with E-state index in [1.807, 2.05) is 12.1 Å². The van der Waals surface area contributed by atoms with Gasteiger partial charge in [-0.05, 0) is 34.6 Å². The first kappa shape index (κ1) is 18.4. The third-order valence-corrected chi connectivity index (χ3v) is 4.47. The van der Waals surface area contributed by atoms with E-state index in [9.17, 15) is 0 Å². The molecule has 0 aliphatic rings. The minimum atomic E-state index is 0.229. The first-order valence-corrected chi connectivity index (χ1v) is 8.99. The number of halogens is 3. The van der Waals surface area contributed by atoms with Gasteiger partial charge in [-0.2, -0.15) is 10.1 Å². The van der Waals surface area contributed by atoms with Crippen molar-refractivity contribution in [3.05, 3.63) is 63.1 Å². The van der Waals surface area contributed by atoms with Gasteiger partial charge in [0.15, 0.2) is 11.6 Å². The van der Waals surface area contributed by atoms with Crippen LogP contribution in [0.4, 0.5) is 17.3 Å². The average Bonchev–Trinajstić information content (AvgIpc) is 3.12. The van der Waals surface area contributed by atoms with Crippen LogP contribution in [0.25, 0.3) is 11.3 Å². The van der Waals surface area contributed by atoms with Gasteiger partial charge in [-0.3, -0.25) is 5.43 Å². The highest BCUT2D eigenvalue weighted by Crippen LogP contribution is 2.28. The summed E-state index contributed by atoms with van der Waals surface area (Å²) in [6.45, 7) is 0. The molecule has 2 heterocycles. The number of hydrazone groups is 1. The molecule has 0 radical (unpaired) electrons. The second kappa shape index (κ2) is 7.97. The maximum Gasteiger partial charge on any atom is 0.245 e. The normalized spacial score (nSPS) is 11.2. The summed E-state index contributed by atoms with van der Waals surface area (Å²) in [5.41, 5.74) is 4.60. The molecule has 140 valence electrons. The Balaban J connectivity index is 1.65. The molecule has 0 saturated heterocycles. The third-order valence-electron chi connectivity index (χ3n) is 3.58.